The van der Waals surface area contributed by atoms with Crippen molar-refractivity contribution in [3.63, 3.8) is 0 Å². The van der Waals surface area contributed by atoms with Gasteiger partial charge in [0.25, 0.3) is 0 Å². The van der Waals surface area contributed by atoms with Gasteiger partial charge in [0.1, 0.15) is 5.82 Å². The number of hydrogen-bond donors (Lipinski definition) is 0. The molecular formula is C5H6Cl3N3. The van der Waals surface area contributed by atoms with E-state index in [2.05, 4.69) is 10.1 Å². The molecule has 0 aliphatic heterocycles. The molecule has 1 aromatic rings. The molecule has 0 fully saturated rings. The third-order valence-electron chi connectivity index (χ3n) is 1.12. The Morgan fingerprint density at radius 2 is 1.91 bits per heavy atom. The number of alkyl halides is 3. The van der Waals surface area contributed by atoms with Gasteiger partial charge in [0, 0.05) is 7.05 Å². The molecule has 6 heteroatoms. The molecule has 0 saturated carbocycles. The predicted molar refractivity (Wildman–Crippen MR) is 45.0 cm³/mol. The number of aromatic nitrogens is 3. The van der Waals surface area contributed by atoms with E-state index in [9.17, 15) is 0 Å². The molecule has 1 heterocycles. The van der Waals surface area contributed by atoms with Gasteiger partial charge >= 0.3 is 0 Å². The van der Waals surface area contributed by atoms with E-state index >= 15 is 0 Å². The van der Waals surface area contributed by atoms with Crippen LogP contribution in [0.5, 0.6) is 0 Å². The van der Waals surface area contributed by atoms with Gasteiger partial charge in [-0.2, -0.15) is 5.10 Å². The van der Waals surface area contributed by atoms with E-state index in [1.54, 1.807) is 14.0 Å². The van der Waals surface area contributed by atoms with Crippen molar-refractivity contribution in [1.29, 1.82) is 0 Å². The Balaban J connectivity index is 3.13. The molecule has 0 radical (unpaired) electrons. The summed E-state index contributed by atoms with van der Waals surface area (Å²) in [5.41, 5.74) is 0. The summed E-state index contributed by atoms with van der Waals surface area (Å²) < 4.78 is -0.0433. The van der Waals surface area contributed by atoms with E-state index < -0.39 is 3.79 Å². The minimum absolute atomic E-state index is 0.333. The molecule has 0 N–H and O–H groups in total. The summed E-state index contributed by atoms with van der Waals surface area (Å²) in [6.07, 6.45) is 0. The van der Waals surface area contributed by atoms with E-state index in [-0.39, 0.29) is 0 Å². The van der Waals surface area contributed by atoms with Crippen LogP contribution in [0.2, 0.25) is 0 Å². The largest absolute Gasteiger partial charge is 0.249 e. The first-order valence-corrected chi connectivity index (χ1v) is 3.99. The monoisotopic (exact) mass is 213 g/mol. The maximum Gasteiger partial charge on any atom is 0.249 e. The average molecular weight is 214 g/mol. The molecule has 11 heavy (non-hydrogen) atoms. The molecule has 0 spiro atoms. The minimum Gasteiger partial charge on any atom is -0.249 e. The van der Waals surface area contributed by atoms with Crippen molar-refractivity contribution in [3.05, 3.63) is 11.6 Å². The average Bonchev–Trinajstić information content (AvgIpc) is 2.08. The summed E-state index contributed by atoms with van der Waals surface area (Å²) in [5, 5.41) is 3.93. The van der Waals surface area contributed by atoms with Gasteiger partial charge in [0.2, 0.25) is 3.79 Å². The number of rotatable bonds is 0. The molecule has 62 valence electrons. The van der Waals surface area contributed by atoms with Crippen LogP contribution in [0, 0.1) is 6.92 Å². The van der Waals surface area contributed by atoms with E-state index in [1.165, 1.54) is 4.68 Å². The highest BCUT2D eigenvalue weighted by atomic mass is 35.6. The van der Waals surface area contributed by atoms with Crippen molar-refractivity contribution in [2.24, 2.45) is 7.05 Å². The highest BCUT2D eigenvalue weighted by molar-refractivity contribution is 6.66. The van der Waals surface area contributed by atoms with Gasteiger partial charge in [-0.05, 0) is 6.92 Å². The molecule has 0 saturated heterocycles. The molecule has 0 atom stereocenters. The Bertz CT molecular complexity index is 262. The molecule has 0 aromatic carbocycles. The lowest BCUT2D eigenvalue weighted by Crippen LogP contribution is -2.09. The zero-order valence-electron chi connectivity index (χ0n) is 5.98. The van der Waals surface area contributed by atoms with Crippen LogP contribution in [0.25, 0.3) is 0 Å². The molecule has 0 aliphatic carbocycles. The van der Waals surface area contributed by atoms with Crippen LogP contribution in [0.4, 0.5) is 0 Å². The molecule has 0 amide bonds. The Morgan fingerprint density at radius 3 is 2.09 bits per heavy atom. The second-order valence-corrected chi connectivity index (χ2v) is 4.39. The lowest BCUT2D eigenvalue weighted by atomic mass is 10.7. The fourth-order valence-corrected chi connectivity index (χ4v) is 1.25. The van der Waals surface area contributed by atoms with Crippen molar-refractivity contribution >= 4 is 34.8 Å². The van der Waals surface area contributed by atoms with Crippen LogP contribution in [-0.2, 0) is 10.8 Å². The molecule has 1 aromatic heterocycles. The second kappa shape index (κ2) is 2.81. The lowest BCUT2D eigenvalue weighted by Gasteiger charge is -2.07. The fourth-order valence-electron chi connectivity index (χ4n) is 0.759. The molecule has 0 bridgehead atoms. The van der Waals surface area contributed by atoms with Gasteiger partial charge in [-0.1, -0.05) is 34.8 Å². The first-order valence-electron chi connectivity index (χ1n) is 2.86. The second-order valence-electron chi connectivity index (χ2n) is 2.10. The summed E-state index contributed by atoms with van der Waals surface area (Å²) in [5.74, 6) is 0.925. The zero-order chi connectivity index (χ0) is 8.65. The van der Waals surface area contributed by atoms with Crippen LogP contribution >= 0.6 is 34.8 Å². The topological polar surface area (TPSA) is 30.7 Å². The molecule has 0 aliphatic rings. The van der Waals surface area contributed by atoms with E-state index in [0.717, 1.165) is 0 Å². The van der Waals surface area contributed by atoms with Gasteiger partial charge in [-0.25, -0.2) is 9.67 Å². The normalized spacial score (nSPS) is 12.1. The third-order valence-corrected chi connectivity index (χ3v) is 1.63. The predicted octanol–water partition coefficient (Wildman–Crippen LogP) is 1.95. The maximum absolute atomic E-state index is 5.58. The van der Waals surface area contributed by atoms with E-state index in [0.29, 0.717) is 11.6 Å². The number of hydrogen-bond acceptors (Lipinski definition) is 2. The third kappa shape index (κ3) is 1.98. The molecule has 1 rings (SSSR count). The van der Waals surface area contributed by atoms with Gasteiger partial charge in [-0.15, -0.1) is 0 Å². The zero-order valence-corrected chi connectivity index (χ0v) is 8.24. The first kappa shape index (κ1) is 9.10. The Kier molecular flexibility index (Phi) is 2.32. The van der Waals surface area contributed by atoms with Gasteiger partial charge in [0.05, 0.1) is 0 Å². The van der Waals surface area contributed by atoms with Gasteiger partial charge < -0.3 is 0 Å². The first-order chi connectivity index (χ1) is 4.91. The molecule has 3 nitrogen and oxygen atoms in total. The fraction of sp³-hybridized carbons (Fsp3) is 0.600. The van der Waals surface area contributed by atoms with E-state index in [4.69, 9.17) is 34.8 Å². The number of aryl methyl sites for hydroxylation is 2. The summed E-state index contributed by atoms with van der Waals surface area (Å²) in [6, 6.07) is 0. The SMILES string of the molecule is Cc1nc(C(Cl)(Cl)Cl)n(C)n1. The van der Waals surface area contributed by atoms with Crippen molar-refractivity contribution in [3.8, 4) is 0 Å². The number of nitrogens with zero attached hydrogens (tertiary/aromatic N) is 3. The van der Waals surface area contributed by atoms with Crippen LogP contribution in [0.3, 0.4) is 0 Å². The van der Waals surface area contributed by atoms with Crippen molar-refractivity contribution < 1.29 is 0 Å². The smallest absolute Gasteiger partial charge is 0.249 e. The van der Waals surface area contributed by atoms with Gasteiger partial charge in [0.15, 0.2) is 5.82 Å². The summed E-state index contributed by atoms with van der Waals surface area (Å²) in [7, 11) is 1.68. The minimum atomic E-state index is -1.49. The van der Waals surface area contributed by atoms with Crippen molar-refractivity contribution in [1.82, 2.24) is 14.8 Å². The van der Waals surface area contributed by atoms with Crippen molar-refractivity contribution in [2.45, 2.75) is 10.7 Å². The summed E-state index contributed by atoms with van der Waals surface area (Å²) in [6.45, 7) is 1.74. The van der Waals surface area contributed by atoms with Crippen molar-refractivity contribution in [2.75, 3.05) is 0 Å². The highest BCUT2D eigenvalue weighted by Gasteiger charge is 2.28. The Morgan fingerprint density at radius 1 is 1.36 bits per heavy atom. The van der Waals surface area contributed by atoms with Crippen LogP contribution in [-0.4, -0.2) is 14.8 Å². The van der Waals surface area contributed by atoms with Crippen LogP contribution < -0.4 is 0 Å². The summed E-state index contributed by atoms with van der Waals surface area (Å²) in [4.78, 5) is 3.94. The van der Waals surface area contributed by atoms with Crippen LogP contribution in [0.15, 0.2) is 0 Å². The summed E-state index contributed by atoms with van der Waals surface area (Å²) >= 11 is 16.8. The molecular weight excluding hydrogens is 208 g/mol. The molecule has 0 unspecified atom stereocenters. The number of halogens is 3. The van der Waals surface area contributed by atoms with Gasteiger partial charge in [-0.3, -0.25) is 0 Å². The standard InChI is InChI=1S/C5H6Cl3N3/c1-3-9-4(5(6,7)8)11(2)10-3/h1-2H3. The maximum atomic E-state index is 5.58. The highest BCUT2D eigenvalue weighted by Crippen LogP contribution is 2.36. The van der Waals surface area contributed by atoms with Crippen LogP contribution in [0.1, 0.15) is 11.6 Å². The lowest BCUT2D eigenvalue weighted by molar-refractivity contribution is 0.709. The quantitative estimate of drug-likeness (QED) is 0.618. The van der Waals surface area contributed by atoms with E-state index in [1.807, 2.05) is 0 Å². The Labute approximate surface area is 79.3 Å². The Hall–Kier alpha value is 0.01000.